The quantitative estimate of drug-likeness (QED) is 0.304. The van der Waals surface area contributed by atoms with Gasteiger partial charge in [0.15, 0.2) is 0 Å². The topological polar surface area (TPSA) is 92.7 Å². The number of ether oxygens (including phenoxy) is 2. The molecule has 26 heavy (non-hydrogen) atoms. The molecule has 9 heteroatoms. The van der Waals surface area contributed by atoms with E-state index in [1.807, 2.05) is 24.4 Å². The third kappa shape index (κ3) is 2.82. The van der Waals surface area contributed by atoms with Gasteiger partial charge in [-0.25, -0.2) is 9.31 Å². The summed E-state index contributed by atoms with van der Waals surface area (Å²) in [6.45, 7) is 2.53. The van der Waals surface area contributed by atoms with Gasteiger partial charge in [-0.2, -0.15) is 5.10 Å². The SMILES string of the molecule is CCOc1ccc2c(c1)n1ncc(C(=O)OCc3cccs3)c1n[n+]2[O-]. The van der Waals surface area contributed by atoms with Crippen LogP contribution in [0.15, 0.2) is 41.9 Å². The summed E-state index contributed by atoms with van der Waals surface area (Å²) in [7, 11) is 0. The number of esters is 1. The van der Waals surface area contributed by atoms with Gasteiger partial charge < -0.3 is 14.7 Å². The lowest BCUT2D eigenvalue weighted by Gasteiger charge is -2.06. The van der Waals surface area contributed by atoms with Crippen molar-refractivity contribution in [2.75, 3.05) is 6.61 Å². The van der Waals surface area contributed by atoms with Crippen LogP contribution in [0, 0.1) is 5.21 Å². The molecule has 3 aromatic heterocycles. The summed E-state index contributed by atoms with van der Waals surface area (Å²) in [6, 6.07) is 8.74. The van der Waals surface area contributed by atoms with Crippen LogP contribution >= 0.6 is 11.3 Å². The number of hydrogen-bond donors (Lipinski definition) is 0. The van der Waals surface area contributed by atoms with Gasteiger partial charge >= 0.3 is 5.97 Å². The lowest BCUT2D eigenvalue weighted by molar-refractivity contribution is -0.640. The van der Waals surface area contributed by atoms with Crippen molar-refractivity contribution in [1.29, 1.82) is 0 Å². The summed E-state index contributed by atoms with van der Waals surface area (Å²) >= 11 is 1.49. The molecule has 0 saturated heterocycles. The first-order valence-electron chi connectivity index (χ1n) is 7.91. The van der Waals surface area contributed by atoms with E-state index in [0.717, 1.165) is 4.88 Å². The van der Waals surface area contributed by atoms with E-state index in [4.69, 9.17) is 9.47 Å². The number of benzene rings is 1. The minimum absolute atomic E-state index is 0.134. The molecule has 0 aliphatic rings. The third-order valence-electron chi connectivity index (χ3n) is 3.77. The lowest BCUT2D eigenvalue weighted by Crippen LogP contribution is -2.33. The molecule has 0 bridgehead atoms. The van der Waals surface area contributed by atoms with Crippen molar-refractivity contribution in [1.82, 2.24) is 14.7 Å². The largest absolute Gasteiger partial charge is 0.594 e. The van der Waals surface area contributed by atoms with E-state index in [1.54, 1.807) is 18.2 Å². The van der Waals surface area contributed by atoms with E-state index in [-0.39, 0.29) is 17.8 Å². The molecule has 0 spiro atoms. The molecule has 1 aromatic carbocycles. The fraction of sp³-hybridized carbons (Fsp3) is 0.176. The number of carbonyl (C=O) groups is 1. The molecule has 132 valence electrons. The van der Waals surface area contributed by atoms with Gasteiger partial charge in [0.1, 0.15) is 23.4 Å². The second-order valence-electron chi connectivity index (χ2n) is 5.41. The molecule has 0 N–H and O–H groups in total. The Balaban J connectivity index is 1.74. The Hall–Kier alpha value is -3.20. The Labute approximate surface area is 151 Å². The van der Waals surface area contributed by atoms with Crippen molar-refractivity contribution in [3.05, 3.63) is 57.6 Å². The van der Waals surface area contributed by atoms with Crippen LogP contribution in [-0.2, 0) is 11.3 Å². The third-order valence-corrected chi connectivity index (χ3v) is 4.62. The van der Waals surface area contributed by atoms with Crippen molar-refractivity contribution in [2.45, 2.75) is 13.5 Å². The first kappa shape index (κ1) is 16.3. The number of thiophene rings is 1. The molecule has 0 aliphatic carbocycles. The predicted octanol–water partition coefficient (Wildman–Crippen LogP) is 2.33. The molecule has 0 aliphatic heterocycles. The Morgan fingerprint density at radius 1 is 1.38 bits per heavy atom. The summed E-state index contributed by atoms with van der Waals surface area (Å²) in [5.41, 5.74) is 1.09. The summed E-state index contributed by atoms with van der Waals surface area (Å²) < 4.78 is 12.2. The molecule has 0 saturated carbocycles. The molecule has 0 unspecified atom stereocenters. The molecule has 8 nitrogen and oxygen atoms in total. The Kier molecular flexibility index (Phi) is 4.13. The second-order valence-corrected chi connectivity index (χ2v) is 6.44. The van der Waals surface area contributed by atoms with Crippen LogP contribution in [0.25, 0.3) is 16.7 Å². The van der Waals surface area contributed by atoms with E-state index >= 15 is 0 Å². The first-order valence-corrected chi connectivity index (χ1v) is 8.79. The van der Waals surface area contributed by atoms with E-state index in [9.17, 15) is 10.0 Å². The maximum absolute atomic E-state index is 12.4. The van der Waals surface area contributed by atoms with Gasteiger partial charge in [-0.3, -0.25) is 0 Å². The molecule has 3 heterocycles. The van der Waals surface area contributed by atoms with E-state index in [1.165, 1.54) is 22.0 Å². The van der Waals surface area contributed by atoms with Crippen molar-refractivity contribution in [3.63, 3.8) is 0 Å². The monoisotopic (exact) mass is 370 g/mol. The number of rotatable bonds is 5. The summed E-state index contributed by atoms with van der Waals surface area (Å²) in [6.07, 6.45) is 1.35. The van der Waals surface area contributed by atoms with Crippen LogP contribution in [0.4, 0.5) is 0 Å². The van der Waals surface area contributed by atoms with Crippen LogP contribution in [-0.4, -0.2) is 27.3 Å². The summed E-state index contributed by atoms with van der Waals surface area (Å²) in [5.74, 6) is 0.0195. The minimum atomic E-state index is -0.582. The highest BCUT2D eigenvalue weighted by molar-refractivity contribution is 7.09. The predicted molar refractivity (Wildman–Crippen MR) is 94.1 cm³/mol. The van der Waals surface area contributed by atoms with Crippen LogP contribution < -0.4 is 9.58 Å². The normalized spacial score (nSPS) is 11.1. The fourth-order valence-corrected chi connectivity index (χ4v) is 3.21. The molecule has 4 rings (SSSR count). The number of fused-ring (bicyclic) bond motifs is 3. The summed E-state index contributed by atoms with van der Waals surface area (Å²) in [5, 5.41) is 22.3. The van der Waals surface area contributed by atoms with Crippen molar-refractivity contribution < 1.29 is 19.1 Å². The Bertz CT molecular complexity index is 1090. The van der Waals surface area contributed by atoms with Crippen LogP contribution in [0.1, 0.15) is 22.2 Å². The van der Waals surface area contributed by atoms with Crippen LogP contribution in [0.2, 0.25) is 0 Å². The van der Waals surface area contributed by atoms with Gasteiger partial charge in [0, 0.05) is 22.1 Å². The van der Waals surface area contributed by atoms with Gasteiger partial charge in [0.2, 0.25) is 5.65 Å². The number of aromatic nitrogens is 4. The van der Waals surface area contributed by atoms with Crippen molar-refractivity contribution in [3.8, 4) is 5.75 Å². The molecular weight excluding hydrogens is 356 g/mol. The number of carbonyl (C=O) groups excluding carboxylic acids is 1. The first-order chi connectivity index (χ1) is 12.7. The number of nitrogens with zero attached hydrogens (tertiary/aromatic N) is 4. The zero-order valence-electron chi connectivity index (χ0n) is 13.8. The van der Waals surface area contributed by atoms with E-state index in [2.05, 4.69) is 10.2 Å². The van der Waals surface area contributed by atoms with Gasteiger partial charge in [-0.15, -0.1) is 11.3 Å². The maximum atomic E-state index is 12.4. The summed E-state index contributed by atoms with van der Waals surface area (Å²) in [4.78, 5) is 13.8. The smallest absolute Gasteiger partial charge is 0.344 e. The van der Waals surface area contributed by atoms with Crippen LogP contribution in [0.3, 0.4) is 0 Å². The van der Waals surface area contributed by atoms with E-state index < -0.39 is 5.97 Å². The number of hydrogen-bond acceptors (Lipinski definition) is 7. The van der Waals surface area contributed by atoms with Gasteiger partial charge in [0.05, 0.1) is 12.8 Å². The average Bonchev–Trinajstić information content (AvgIpc) is 3.30. The highest BCUT2D eigenvalue weighted by Crippen LogP contribution is 2.21. The van der Waals surface area contributed by atoms with Crippen molar-refractivity contribution in [2.24, 2.45) is 0 Å². The van der Waals surface area contributed by atoms with Crippen LogP contribution in [0.5, 0.6) is 5.75 Å². The average molecular weight is 370 g/mol. The highest BCUT2D eigenvalue weighted by atomic mass is 32.1. The molecule has 0 radical (unpaired) electrons. The lowest BCUT2D eigenvalue weighted by atomic mass is 10.3. The zero-order chi connectivity index (χ0) is 18.1. The van der Waals surface area contributed by atoms with E-state index in [0.29, 0.717) is 28.2 Å². The zero-order valence-corrected chi connectivity index (χ0v) is 14.6. The van der Waals surface area contributed by atoms with Crippen molar-refractivity contribution >= 4 is 34.0 Å². The molecule has 0 atom stereocenters. The molecular formula is C17H14N4O4S. The Morgan fingerprint density at radius 2 is 2.27 bits per heavy atom. The van der Waals surface area contributed by atoms with Gasteiger partial charge in [-0.05, 0) is 29.3 Å². The fourth-order valence-electron chi connectivity index (χ4n) is 2.60. The standard InChI is InChI=1S/C17H14N4O4S/c1-2-24-11-5-6-14-15(8-11)20-16(19-21(14)23)13(9-18-20)17(22)25-10-12-4-3-7-26-12/h3-9H,2,10H2,1H3. The molecule has 4 aromatic rings. The molecule has 0 amide bonds. The molecule has 0 fully saturated rings. The second kappa shape index (κ2) is 6.60. The maximum Gasteiger partial charge on any atom is 0.344 e. The van der Waals surface area contributed by atoms with Gasteiger partial charge in [-0.1, -0.05) is 6.07 Å². The minimum Gasteiger partial charge on any atom is -0.594 e. The highest BCUT2D eigenvalue weighted by Gasteiger charge is 2.22. The Morgan fingerprint density at radius 3 is 3.04 bits per heavy atom. The van der Waals surface area contributed by atoms with Gasteiger partial charge in [0.25, 0.3) is 5.52 Å².